The Labute approximate surface area is 157 Å². The molecule has 11 heteroatoms. The molecule has 0 spiro atoms. The zero-order valence-electron chi connectivity index (χ0n) is 14.9. The van der Waals surface area contributed by atoms with Crippen molar-refractivity contribution in [2.24, 2.45) is 5.14 Å². The van der Waals surface area contributed by atoms with Crippen LogP contribution in [0.25, 0.3) is 0 Å². The van der Waals surface area contributed by atoms with Crippen molar-refractivity contribution < 1.29 is 22.8 Å². The first-order valence-electron chi connectivity index (χ1n) is 8.83. The fourth-order valence-corrected chi connectivity index (χ4v) is 4.22. The molecule has 2 atom stereocenters. The lowest BCUT2D eigenvalue weighted by Gasteiger charge is -2.38. The van der Waals surface area contributed by atoms with Gasteiger partial charge in [0, 0.05) is 31.7 Å². The molecule has 2 saturated heterocycles. The Morgan fingerprint density at radius 2 is 2.04 bits per heavy atom. The third-order valence-corrected chi connectivity index (χ3v) is 5.88. The lowest BCUT2D eigenvalue weighted by molar-refractivity contribution is -0.384. The fourth-order valence-electron chi connectivity index (χ4n) is 3.49. The van der Waals surface area contributed by atoms with Gasteiger partial charge in [0.2, 0.25) is 10.0 Å². The highest BCUT2D eigenvalue weighted by molar-refractivity contribution is 7.89. The smallest absolute Gasteiger partial charge is 0.293 e. The van der Waals surface area contributed by atoms with Gasteiger partial charge in [0.1, 0.15) is 10.6 Å². The average Bonchev–Trinajstić information content (AvgIpc) is 2.66. The molecule has 10 nitrogen and oxygen atoms in total. The summed E-state index contributed by atoms with van der Waals surface area (Å²) in [7, 11) is -4.09. The molecule has 0 aliphatic carbocycles. The summed E-state index contributed by atoms with van der Waals surface area (Å²) < 4.78 is 34.8. The van der Waals surface area contributed by atoms with Crippen molar-refractivity contribution in [3.63, 3.8) is 0 Å². The number of nitrogens with one attached hydrogen (secondary N) is 1. The molecule has 27 heavy (non-hydrogen) atoms. The van der Waals surface area contributed by atoms with E-state index in [1.807, 2.05) is 0 Å². The first-order chi connectivity index (χ1) is 12.9. The van der Waals surface area contributed by atoms with Crippen LogP contribution < -0.4 is 10.5 Å². The number of benzene rings is 1. The van der Waals surface area contributed by atoms with Gasteiger partial charge in [-0.25, -0.2) is 13.6 Å². The zero-order valence-corrected chi connectivity index (χ0v) is 15.7. The van der Waals surface area contributed by atoms with E-state index in [4.69, 9.17) is 14.6 Å². The van der Waals surface area contributed by atoms with Crippen LogP contribution in [0.4, 0.5) is 11.4 Å². The quantitative estimate of drug-likeness (QED) is 0.521. The standard InChI is InChI=1S/C16H24N4O6S/c17-27(23,24)15-3-1-2-14(20(21)22)16(15)18-10-13-5-4-12(11-26-13)19-6-8-25-9-7-19/h1-3,12-13,18H,4-11H2,(H2,17,23,24)/t12-,13+/m0/s1. The van der Waals surface area contributed by atoms with Gasteiger partial charge in [-0.1, -0.05) is 6.07 Å². The second-order valence-electron chi connectivity index (χ2n) is 6.67. The van der Waals surface area contributed by atoms with Crippen LogP contribution in [0.2, 0.25) is 0 Å². The number of anilines is 1. The lowest BCUT2D eigenvalue weighted by atomic mass is 10.0. The van der Waals surface area contributed by atoms with Crippen LogP contribution in [-0.2, 0) is 19.5 Å². The summed E-state index contributed by atoms with van der Waals surface area (Å²) >= 11 is 0. The Hall–Kier alpha value is -1.79. The molecular formula is C16H24N4O6S. The number of hydrogen-bond acceptors (Lipinski definition) is 8. The van der Waals surface area contributed by atoms with E-state index in [1.165, 1.54) is 18.2 Å². The van der Waals surface area contributed by atoms with Crippen molar-refractivity contribution in [1.82, 2.24) is 4.90 Å². The number of para-hydroxylation sites is 1. The topological polar surface area (TPSA) is 137 Å². The molecule has 3 rings (SSSR count). The van der Waals surface area contributed by atoms with E-state index in [0.29, 0.717) is 12.6 Å². The zero-order chi connectivity index (χ0) is 19.4. The first kappa shape index (κ1) is 20.0. The maximum Gasteiger partial charge on any atom is 0.293 e. The Balaban J connectivity index is 1.63. The minimum Gasteiger partial charge on any atom is -0.379 e. The first-order valence-corrected chi connectivity index (χ1v) is 10.4. The summed E-state index contributed by atoms with van der Waals surface area (Å²) in [6.07, 6.45) is 1.57. The minimum atomic E-state index is -4.09. The molecule has 1 aromatic rings. The summed E-state index contributed by atoms with van der Waals surface area (Å²) in [4.78, 5) is 12.7. The van der Waals surface area contributed by atoms with Crippen molar-refractivity contribution in [3.05, 3.63) is 28.3 Å². The van der Waals surface area contributed by atoms with E-state index in [-0.39, 0.29) is 28.9 Å². The van der Waals surface area contributed by atoms with Crippen molar-refractivity contribution in [3.8, 4) is 0 Å². The lowest BCUT2D eigenvalue weighted by Crippen LogP contribution is -2.49. The van der Waals surface area contributed by atoms with E-state index in [0.717, 1.165) is 39.1 Å². The van der Waals surface area contributed by atoms with Crippen molar-refractivity contribution in [2.45, 2.75) is 29.9 Å². The molecule has 0 amide bonds. The molecule has 0 aromatic heterocycles. The third kappa shape index (κ3) is 4.93. The van der Waals surface area contributed by atoms with Gasteiger partial charge in [-0.05, 0) is 18.9 Å². The van der Waals surface area contributed by atoms with Gasteiger partial charge in [0.05, 0.1) is 30.8 Å². The Bertz CT molecular complexity index is 773. The highest BCUT2D eigenvalue weighted by Gasteiger charge is 2.29. The van der Waals surface area contributed by atoms with Crippen LogP contribution in [0.3, 0.4) is 0 Å². The Morgan fingerprint density at radius 3 is 2.63 bits per heavy atom. The van der Waals surface area contributed by atoms with Gasteiger partial charge in [-0.2, -0.15) is 0 Å². The van der Waals surface area contributed by atoms with Gasteiger partial charge in [-0.15, -0.1) is 0 Å². The average molecular weight is 400 g/mol. The maximum absolute atomic E-state index is 11.8. The number of nitrogens with two attached hydrogens (primary N) is 1. The molecule has 0 bridgehead atoms. The predicted octanol–water partition coefficient (Wildman–Crippen LogP) is 0.534. The van der Waals surface area contributed by atoms with Crippen LogP contribution in [0, 0.1) is 10.1 Å². The number of nitro benzene ring substituents is 1. The highest BCUT2D eigenvalue weighted by Crippen LogP contribution is 2.31. The molecule has 150 valence electrons. The third-order valence-electron chi connectivity index (χ3n) is 4.92. The van der Waals surface area contributed by atoms with Gasteiger partial charge in [-0.3, -0.25) is 15.0 Å². The van der Waals surface area contributed by atoms with Crippen molar-refractivity contribution in [1.29, 1.82) is 0 Å². The highest BCUT2D eigenvalue weighted by atomic mass is 32.2. The molecular weight excluding hydrogens is 376 g/mol. The van der Waals surface area contributed by atoms with Gasteiger partial charge in [0.25, 0.3) is 5.69 Å². The second-order valence-corrected chi connectivity index (χ2v) is 8.20. The number of nitro groups is 1. The monoisotopic (exact) mass is 400 g/mol. The SMILES string of the molecule is NS(=O)(=O)c1cccc([N+](=O)[O-])c1NC[C@H]1CC[C@H](N2CCOCC2)CO1. The van der Waals surface area contributed by atoms with E-state index in [2.05, 4.69) is 10.2 Å². The van der Waals surface area contributed by atoms with Crippen LogP contribution >= 0.6 is 0 Å². The number of morpholine rings is 1. The molecule has 2 aliphatic heterocycles. The Morgan fingerprint density at radius 1 is 1.30 bits per heavy atom. The number of nitrogens with zero attached hydrogens (tertiary/aromatic N) is 2. The summed E-state index contributed by atoms with van der Waals surface area (Å²) in [5, 5.41) is 19.3. The molecule has 2 aliphatic rings. The number of rotatable bonds is 6. The predicted molar refractivity (Wildman–Crippen MR) is 98.1 cm³/mol. The molecule has 0 unspecified atom stereocenters. The fraction of sp³-hybridized carbons (Fsp3) is 0.625. The summed E-state index contributed by atoms with van der Waals surface area (Å²) in [5.74, 6) is 0. The molecule has 0 radical (unpaired) electrons. The van der Waals surface area contributed by atoms with E-state index < -0.39 is 14.9 Å². The molecule has 0 saturated carbocycles. The summed E-state index contributed by atoms with van der Waals surface area (Å²) in [6.45, 7) is 4.09. The van der Waals surface area contributed by atoms with E-state index in [9.17, 15) is 18.5 Å². The van der Waals surface area contributed by atoms with Crippen molar-refractivity contribution in [2.75, 3.05) is 44.8 Å². The van der Waals surface area contributed by atoms with Crippen LogP contribution in [0.15, 0.2) is 23.1 Å². The number of primary sulfonamides is 1. The van der Waals surface area contributed by atoms with Gasteiger partial charge < -0.3 is 14.8 Å². The number of hydrogen-bond donors (Lipinski definition) is 2. The molecule has 1 aromatic carbocycles. The number of sulfonamides is 1. The molecule has 2 fully saturated rings. The summed E-state index contributed by atoms with van der Waals surface area (Å²) in [6, 6.07) is 4.14. The van der Waals surface area contributed by atoms with Crippen molar-refractivity contribution >= 4 is 21.4 Å². The largest absolute Gasteiger partial charge is 0.379 e. The van der Waals surface area contributed by atoms with E-state index >= 15 is 0 Å². The van der Waals surface area contributed by atoms with Crippen LogP contribution in [0.1, 0.15) is 12.8 Å². The molecule has 2 heterocycles. The Kier molecular flexibility index (Phi) is 6.27. The van der Waals surface area contributed by atoms with Gasteiger partial charge >= 0.3 is 0 Å². The summed E-state index contributed by atoms with van der Waals surface area (Å²) in [5.41, 5.74) is -0.424. The minimum absolute atomic E-state index is 0.0936. The van der Waals surface area contributed by atoms with Gasteiger partial charge in [0.15, 0.2) is 0 Å². The normalized spacial score (nSPS) is 24.5. The second kappa shape index (κ2) is 8.48. The maximum atomic E-state index is 11.8. The van der Waals surface area contributed by atoms with E-state index in [1.54, 1.807) is 0 Å². The number of ether oxygens (including phenoxy) is 2. The van der Waals surface area contributed by atoms with Crippen LogP contribution in [0.5, 0.6) is 0 Å². The van der Waals surface area contributed by atoms with Crippen LogP contribution in [-0.4, -0.2) is 69.8 Å². The molecule has 3 N–H and O–H groups in total.